The molecule has 0 aliphatic rings. The molecule has 2 rings (SSSR count). The Morgan fingerprint density at radius 2 is 1.64 bits per heavy atom. The van der Waals surface area contributed by atoms with Crippen molar-refractivity contribution in [2.45, 2.75) is 6.92 Å². The average Bonchev–Trinajstić information content (AvgIpc) is 2.51. The van der Waals surface area contributed by atoms with E-state index in [1.807, 2.05) is 13.0 Å². The molecule has 0 unspecified atom stereocenters. The number of amides is 2. The normalized spacial score (nSPS) is 9.91. The topological polar surface area (TPSA) is 93.4 Å². The number of methoxy groups -OCH3 is 1. The quantitative estimate of drug-likeness (QED) is 0.598. The lowest BCUT2D eigenvalue weighted by atomic mass is 10.2. The molecule has 0 spiro atoms. The molecule has 0 aliphatic carbocycles. The highest BCUT2D eigenvalue weighted by atomic mass is 16.5. The fourth-order valence-electron chi connectivity index (χ4n) is 1.82. The molecule has 0 saturated heterocycles. The maximum absolute atomic E-state index is 11.9. The van der Waals surface area contributed by atoms with E-state index >= 15 is 0 Å². The second-order valence-electron chi connectivity index (χ2n) is 4.73. The number of hydrogen-bond acceptors (Lipinski definition) is 4. The minimum atomic E-state index is -0.784. The Bertz CT molecular complexity index is 696. The summed E-state index contributed by atoms with van der Waals surface area (Å²) in [7, 11) is 1.55. The van der Waals surface area contributed by atoms with Crippen LogP contribution in [0.5, 0.6) is 5.75 Å². The molecule has 2 aromatic rings. The van der Waals surface area contributed by atoms with Gasteiger partial charge in [0, 0.05) is 5.69 Å². The predicted molar refractivity (Wildman–Crippen MR) is 85.8 cm³/mol. The van der Waals surface area contributed by atoms with Gasteiger partial charge in [-0.15, -0.1) is 0 Å². The molecule has 0 fully saturated rings. The van der Waals surface area contributed by atoms with E-state index in [-0.39, 0.29) is 0 Å². The van der Waals surface area contributed by atoms with Gasteiger partial charge in [0.1, 0.15) is 5.75 Å². The van der Waals surface area contributed by atoms with E-state index in [0.29, 0.717) is 22.8 Å². The first-order chi connectivity index (χ1) is 10.5. The molecular formula is C16H17N3O3. The van der Waals surface area contributed by atoms with Gasteiger partial charge in [-0.1, -0.05) is 6.07 Å². The third kappa shape index (κ3) is 3.76. The lowest BCUT2D eigenvalue weighted by molar-refractivity contribution is -0.132. The van der Waals surface area contributed by atoms with Crippen molar-refractivity contribution in [1.29, 1.82) is 0 Å². The van der Waals surface area contributed by atoms with Gasteiger partial charge in [-0.2, -0.15) is 0 Å². The number of nitrogens with one attached hydrogen (secondary N) is 2. The lowest BCUT2D eigenvalue weighted by Crippen LogP contribution is -2.29. The summed E-state index contributed by atoms with van der Waals surface area (Å²) >= 11 is 0. The van der Waals surface area contributed by atoms with Gasteiger partial charge in [-0.25, -0.2) is 0 Å². The highest BCUT2D eigenvalue weighted by molar-refractivity contribution is 6.43. The number of carbonyl (C=O) groups is 2. The van der Waals surface area contributed by atoms with Crippen LogP contribution in [0.25, 0.3) is 0 Å². The smallest absolute Gasteiger partial charge is 0.314 e. The summed E-state index contributed by atoms with van der Waals surface area (Å²) in [6.07, 6.45) is 0. The monoisotopic (exact) mass is 299 g/mol. The van der Waals surface area contributed by atoms with Crippen molar-refractivity contribution in [2.24, 2.45) is 0 Å². The molecule has 0 heterocycles. The molecular weight excluding hydrogens is 282 g/mol. The van der Waals surface area contributed by atoms with Crippen LogP contribution in [0.2, 0.25) is 0 Å². The molecule has 0 aromatic heterocycles. The van der Waals surface area contributed by atoms with Crippen LogP contribution in [0.3, 0.4) is 0 Å². The summed E-state index contributed by atoms with van der Waals surface area (Å²) in [5.74, 6) is -0.894. The van der Waals surface area contributed by atoms with Crippen LogP contribution in [-0.4, -0.2) is 18.9 Å². The van der Waals surface area contributed by atoms with Crippen molar-refractivity contribution in [3.63, 3.8) is 0 Å². The summed E-state index contributed by atoms with van der Waals surface area (Å²) in [6.45, 7) is 1.87. The van der Waals surface area contributed by atoms with E-state index in [1.54, 1.807) is 43.5 Å². The Kier molecular flexibility index (Phi) is 4.63. The minimum Gasteiger partial charge on any atom is -0.497 e. The van der Waals surface area contributed by atoms with Crippen molar-refractivity contribution in [2.75, 3.05) is 23.5 Å². The number of ether oxygens (including phenoxy) is 1. The SMILES string of the molecule is COc1ccc(NC(=O)C(=O)Nc2cc(C)ccc2N)cc1. The molecule has 0 saturated carbocycles. The summed E-state index contributed by atoms with van der Waals surface area (Å²) in [6, 6.07) is 11.9. The highest BCUT2D eigenvalue weighted by Crippen LogP contribution is 2.20. The number of nitrogen functional groups attached to an aromatic ring is 1. The zero-order valence-electron chi connectivity index (χ0n) is 12.3. The maximum atomic E-state index is 11.9. The van der Waals surface area contributed by atoms with Crippen LogP contribution in [-0.2, 0) is 9.59 Å². The Hall–Kier alpha value is -3.02. The summed E-state index contributed by atoms with van der Waals surface area (Å²) in [5, 5.41) is 4.99. The van der Waals surface area contributed by atoms with Crippen LogP contribution in [0, 0.1) is 6.92 Å². The van der Waals surface area contributed by atoms with Gasteiger partial charge in [-0.3, -0.25) is 9.59 Å². The second kappa shape index (κ2) is 6.62. The standard InChI is InChI=1S/C16H17N3O3/c1-10-3-8-13(17)14(9-10)19-16(21)15(20)18-11-4-6-12(22-2)7-5-11/h3-9H,17H2,1-2H3,(H,18,20)(H,19,21). The zero-order valence-corrected chi connectivity index (χ0v) is 12.3. The lowest BCUT2D eigenvalue weighted by Gasteiger charge is -2.09. The predicted octanol–water partition coefficient (Wildman–Crippen LogP) is 2.16. The fraction of sp³-hybridized carbons (Fsp3) is 0.125. The molecule has 0 radical (unpaired) electrons. The van der Waals surface area contributed by atoms with Gasteiger partial charge in [0.25, 0.3) is 0 Å². The third-order valence-electron chi connectivity index (χ3n) is 3.01. The highest BCUT2D eigenvalue weighted by Gasteiger charge is 2.15. The first kappa shape index (κ1) is 15.4. The van der Waals surface area contributed by atoms with Crippen LogP contribution in [0.1, 0.15) is 5.56 Å². The first-order valence-corrected chi connectivity index (χ1v) is 6.62. The van der Waals surface area contributed by atoms with Crippen LogP contribution < -0.4 is 21.1 Å². The third-order valence-corrected chi connectivity index (χ3v) is 3.01. The molecule has 4 N–H and O–H groups in total. The van der Waals surface area contributed by atoms with Crippen molar-refractivity contribution < 1.29 is 14.3 Å². The Morgan fingerprint density at radius 3 is 2.27 bits per heavy atom. The zero-order chi connectivity index (χ0) is 16.1. The van der Waals surface area contributed by atoms with Crippen LogP contribution in [0.15, 0.2) is 42.5 Å². The molecule has 6 heteroatoms. The molecule has 0 atom stereocenters. The van der Waals surface area contributed by atoms with Gasteiger partial charge in [0.05, 0.1) is 18.5 Å². The van der Waals surface area contributed by atoms with Gasteiger partial charge in [-0.05, 0) is 48.9 Å². The Balaban J connectivity index is 2.02. The molecule has 0 aliphatic heterocycles. The van der Waals surface area contributed by atoms with Crippen molar-refractivity contribution >= 4 is 28.9 Å². The van der Waals surface area contributed by atoms with E-state index < -0.39 is 11.8 Å². The first-order valence-electron chi connectivity index (χ1n) is 6.62. The van der Waals surface area contributed by atoms with E-state index in [0.717, 1.165) is 5.56 Å². The van der Waals surface area contributed by atoms with E-state index in [4.69, 9.17) is 10.5 Å². The molecule has 2 amide bonds. The number of anilines is 3. The number of rotatable bonds is 3. The number of benzene rings is 2. The van der Waals surface area contributed by atoms with Crippen molar-refractivity contribution in [1.82, 2.24) is 0 Å². The number of hydrogen-bond donors (Lipinski definition) is 3. The molecule has 114 valence electrons. The van der Waals surface area contributed by atoms with Crippen LogP contribution >= 0.6 is 0 Å². The van der Waals surface area contributed by atoms with Crippen LogP contribution in [0.4, 0.5) is 17.1 Å². The maximum Gasteiger partial charge on any atom is 0.314 e. The average molecular weight is 299 g/mol. The van der Waals surface area contributed by atoms with E-state index in [9.17, 15) is 9.59 Å². The summed E-state index contributed by atoms with van der Waals surface area (Å²) < 4.78 is 5.02. The molecule has 0 bridgehead atoms. The van der Waals surface area contributed by atoms with Gasteiger partial charge >= 0.3 is 11.8 Å². The van der Waals surface area contributed by atoms with Gasteiger partial charge < -0.3 is 21.1 Å². The van der Waals surface area contributed by atoms with E-state index in [1.165, 1.54) is 0 Å². The number of carbonyl (C=O) groups excluding carboxylic acids is 2. The largest absolute Gasteiger partial charge is 0.497 e. The molecule has 22 heavy (non-hydrogen) atoms. The molecule has 2 aromatic carbocycles. The summed E-state index contributed by atoms with van der Waals surface area (Å²) in [5.41, 5.74) is 8.00. The van der Waals surface area contributed by atoms with Gasteiger partial charge in [0.2, 0.25) is 0 Å². The number of aryl methyl sites for hydroxylation is 1. The Labute approximate surface area is 128 Å². The van der Waals surface area contributed by atoms with E-state index in [2.05, 4.69) is 10.6 Å². The number of nitrogens with two attached hydrogens (primary N) is 1. The van der Waals surface area contributed by atoms with Gasteiger partial charge in [0.15, 0.2) is 0 Å². The van der Waals surface area contributed by atoms with Crippen molar-refractivity contribution in [3.8, 4) is 5.75 Å². The minimum absolute atomic E-state index is 0.399. The van der Waals surface area contributed by atoms with Crippen molar-refractivity contribution in [3.05, 3.63) is 48.0 Å². The Morgan fingerprint density at radius 1 is 1.00 bits per heavy atom. The molecule has 6 nitrogen and oxygen atoms in total. The summed E-state index contributed by atoms with van der Waals surface area (Å²) in [4.78, 5) is 23.8. The second-order valence-corrected chi connectivity index (χ2v) is 4.73. The fourth-order valence-corrected chi connectivity index (χ4v) is 1.82.